The molecule has 0 aromatic heterocycles. The van der Waals surface area contributed by atoms with Crippen molar-refractivity contribution in [3.63, 3.8) is 0 Å². The first-order valence-corrected chi connectivity index (χ1v) is 6.03. The van der Waals surface area contributed by atoms with Gasteiger partial charge in [-0.3, -0.25) is 4.79 Å². The van der Waals surface area contributed by atoms with Gasteiger partial charge in [0, 0.05) is 13.1 Å². The Balaban J connectivity index is 2.47. The third-order valence-electron chi connectivity index (χ3n) is 2.56. The van der Waals surface area contributed by atoms with Crippen molar-refractivity contribution in [3.05, 3.63) is 35.9 Å². The molecule has 0 unspecified atom stereocenters. The summed E-state index contributed by atoms with van der Waals surface area (Å²) in [6.45, 7) is 0.0235. The third-order valence-corrected chi connectivity index (χ3v) is 2.56. The van der Waals surface area contributed by atoms with Gasteiger partial charge in [-0.15, -0.1) is 0 Å². The average Bonchev–Trinajstić information content (AvgIpc) is 2.42. The quantitative estimate of drug-likeness (QED) is 0.663. The Morgan fingerprint density at radius 2 is 1.84 bits per heavy atom. The van der Waals surface area contributed by atoms with E-state index in [1.165, 1.54) is 4.90 Å². The molecule has 6 nitrogen and oxygen atoms in total. The number of hydrogen-bond acceptors (Lipinski definition) is 3. The highest BCUT2D eigenvalue weighted by atomic mass is 16.4. The van der Waals surface area contributed by atoms with Gasteiger partial charge in [0.15, 0.2) is 0 Å². The number of aliphatic hydroxyl groups excluding tert-OH is 1. The lowest BCUT2D eigenvalue weighted by Gasteiger charge is -2.21. The SMILES string of the molecule is O=C(O)CNC(=O)N(CCO)CCc1ccccc1. The van der Waals surface area contributed by atoms with Crippen molar-refractivity contribution >= 4 is 12.0 Å². The minimum atomic E-state index is -1.10. The van der Waals surface area contributed by atoms with Gasteiger partial charge in [0.2, 0.25) is 0 Å². The van der Waals surface area contributed by atoms with E-state index in [4.69, 9.17) is 10.2 Å². The number of aliphatic hydroxyl groups is 1. The van der Waals surface area contributed by atoms with Gasteiger partial charge < -0.3 is 20.4 Å². The van der Waals surface area contributed by atoms with Gasteiger partial charge in [0.25, 0.3) is 0 Å². The molecule has 0 saturated carbocycles. The summed E-state index contributed by atoms with van der Waals surface area (Å²) in [5, 5.41) is 19.7. The molecule has 0 aliphatic heterocycles. The summed E-state index contributed by atoms with van der Waals surface area (Å²) in [7, 11) is 0. The molecule has 19 heavy (non-hydrogen) atoms. The highest BCUT2D eigenvalue weighted by Gasteiger charge is 2.13. The number of carboxylic acid groups (broad SMARTS) is 1. The molecule has 0 bridgehead atoms. The molecular weight excluding hydrogens is 248 g/mol. The number of aliphatic carboxylic acids is 1. The number of benzene rings is 1. The Labute approximate surface area is 111 Å². The van der Waals surface area contributed by atoms with E-state index in [1.54, 1.807) is 0 Å². The minimum absolute atomic E-state index is 0.157. The molecule has 104 valence electrons. The van der Waals surface area contributed by atoms with Crippen LogP contribution in [0.1, 0.15) is 5.56 Å². The fourth-order valence-electron chi connectivity index (χ4n) is 1.61. The third kappa shape index (κ3) is 5.87. The van der Waals surface area contributed by atoms with Crippen LogP contribution >= 0.6 is 0 Å². The Kier molecular flexibility index (Phi) is 6.38. The molecule has 0 saturated heterocycles. The smallest absolute Gasteiger partial charge is 0.323 e. The lowest BCUT2D eigenvalue weighted by Crippen LogP contribution is -2.44. The lowest BCUT2D eigenvalue weighted by molar-refractivity contribution is -0.135. The first kappa shape index (κ1) is 15.0. The van der Waals surface area contributed by atoms with Gasteiger partial charge in [-0.05, 0) is 12.0 Å². The van der Waals surface area contributed by atoms with Gasteiger partial charge in [-0.2, -0.15) is 0 Å². The second-order valence-corrected chi connectivity index (χ2v) is 4.00. The van der Waals surface area contributed by atoms with Crippen molar-refractivity contribution in [2.24, 2.45) is 0 Å². The van der Waals surface area contributed by atoms with Gasteiger partial charge in [0.05, 0.1) is 6.61 Å². The molecule has 3 N–H and O–H groups in total. The molecule has 0 spiro atoms. The van der Waals surface area contributed by atoms with E-state index in [-0.39, 0.29) is 13.2 Å². The van der Waals surface area contributed by atoms with Crippen LogP contribution in [0.25, 0.3) is 0 Å². The molecular formula is C13H18N2O4. The molecule has 0 heterocycles. The molecule has 1 aromatic rings. The van der Waals surface area contributed by atoms with Crippen LogP contribution in [0.15, 0.2) is 30.3 Å². The first-order chi connectivity index (χ1) is 9.13. The molecule has 0 fully saturated rings. The van der Waals surface area contributed by atoms with Gasteiger partial charge in [-0.1, -0.05) is 30.3 Å². The summed E-state index contributed by atoms with van der Waals surface area (Å²) in [5.74, 6) is -1.10. The second-order valence-electron chi connectivity index (χ2n) is 4.00. The number of nitrogens with one attached hydrogen (secondary N) is 1. The monoisotopic (exact) mass is 266 g/mol. The Morgan fingerprint density at radius 3 is 2.42 bits per heavy atom. The maximum atomic E-state index is 11.7. The van der Waals surface area contributed by atoms with Crippen molar-refractivity contribution in [3.8, 4) is 0 Å². The predicted molar refractivity (Wildman–Crippen MR) is 69.8 cm³/mol. The molecule has 6 heteroatoms. The predicted octanol–water partition coefficient (Wildman–Crippen LogP) is 0.318. The van der Waals surface area contributed by atoms with Crippen LogP contribution in [-0.4, -0.2) is 53.4 Å². The number of carbonyl (C=O) groups excluding carboxylic acids is 1. The summed E-state index contributed by atoms with van der Waals surface area (Å²) in [6.07, 6.45) is 0.654. The highest BCUT2D eigenvalue weighted by molar-refractivity contribution is 5.79. The fraction of sp³-hybridized carbons (Fsp3) is 0.385. The van der Waals surface area contributed by atoms with Gasteiger partial charge in [0.1, 0.15) is 6.54 Å². The normalized spacial score (nSPS) is 9.95. The van der Waals surface area contributed by atoms with Crippen LogP contribution in [0.3, 0.4) is 0 Å². The van der Waals surface area contributed by atoms with E-state index < -0.39 is 18.5 Å². The topological polar surface area (TPSA) is 89.9 Å². The van der Waals surface area contributed by atoms with Crippen molar-refractivity contribution < 1.29 is 19.8 Å². The molecule has 0 radical (unpaired) electrons. The van der Waals surface area contributed by atoms with Crippen LogP contribution in [0, 0.1) is 0 Å². The van der Waals surface area contributed by atoms with E-state index in [2.05, 4.69) is 5.32 Å². The maximum absolute atomic E-state index is 11.7. The van der Waals surface area contributed by atoms with Crippen molar-refractivity contribution in [2.75, 3.05) is 26.2 Å². The summed E-state index contributed by atoms with van der Waals surface area (Å²) in [6, 6.07) is 9.16. The number of amides is 2. The molecule has 0 aliphatic carbocycles. The van der Waals surface area contributed by atoms with Crippen LogP contribution in [0.5, 0.6) is 0 Å². The van der Waals surface area contributed by atoms with Crippen LogP contribution in [-0.2, 0) is 11.2 Å². The van der Waals surface area contributed by atoms with Gasteiger partial charge >= 0.3 is 12.0 Å². The van der Waals surface area contributed by atoms with Crippen molar-refractivity contribution in [1.29, 1.82) is 0 Å². The standard InChI is InChI=1S/C13H18N2O4/c16-9-8-15(13(19)14-10-12(17)18)7-6-11-4-2-1-3-5-11/h1-5,16H,6-10H2,(H,14,19)(H,17,18). The molecule has 0 aliphatic rings. The largest absolute Gasteiger partial charge is 0.480 e. The molecule has 1 rings (SSSR count). The minimum Gasteiger partial charge on any atom is -0.480 e. The Hall–Kier alpha value is -2.08. The van der Waals surface area contributed by atoms with E-state index in [1.807, 2.05) is 30.3 Å². The Bertz CT molecular complexity index is 408. The van der Waals surface area contributed by atoms with Crippen molar-refractivity contribution in [1.82, 2.24) is 10.2 Å². The second kappa shape index (κ2) is 8.10. The summed E-state index contributed by atoms with van der Waals surface area (Å²) in [4.78, 5) is 23.5. The molecule has 0 atom stereocenters. The summed E-state index contributed by atoms with van der Waals surface area (Å²) < 4.78 is 0. The van der Waals surface area contributed by atoms with Gasteiger partial charge in [-0.25, -0.2) is 4.79 Å². The number of hydrogen-bond donors (Lipinski definition) is 3. The number of urea groups is 1. The van der Waals surface area contributed by atoms with E-state index in [0.29, 0.717) is 13.0 Å². The zero-order chi connectivity index (χ0) is 14.1. The maximum Gasteiger partial charge on any atom is 0.323 e. The average molecular weight is 266 g/mol. The van der Waals surface area contributed by atoms with Crippen molar-refractivity contribution in [2.45, 2.75) is 6.42 Å². The Morgan fingerprint density at radius 1 is 1.16 bits per heavy atom. The summed E-state index contributed by atoms with van der Waals surface area (Å²) >= 11 is 0. The van der Waals surface area contributed by atoms with Crippen LogP contribution in [0.4, 0.5) is 4.79 Å². The van der Waals surface area contributed by atoms with E-state index >= 15 is 0 Å². The first-order valence-electron chi connectivity index (χ1n) is 6.03. The number of rotatable bonds is 7. The molecule has 1 aromatic carbocycles. The zero-order valence-corrected chi connectivity index (χ0v) is 10.6. The van der Waals surface area contributed by atoms with E-state index in [9.17, 15) is 9.59 Å². The number of carbonyl (C=O) groups is 2. The van der Waals surface area contributed by atoms with Crippen LogP contribution < -0.4 is 5.32 Å². The molecule has 2 amide bonds. The zero-order valence-electron chi connectivity index (χ0n) is 10.6. The number of carboxylic acids is 1. The fourth-order valence-corrected chi connectivity index (χ4v) is 1.61. The lowest BCUT2D eigenvalue weighted by atomic mass is 10.1. The van der Waals surface area contributed by atoms with E-state index in [0.717, 1.165) is 5.56 Å². The highest BCUT2D eigenvalue weighted by Crippen LogP contribution is 2.01. The summed E-state index contributed by atoms with van der Waals surface area (Å²) in [5.41, 5.74) is 1.08. The number of nitrogens with zero attached hydrogens (tertiary/aromatic N) is 1. The van der Waals surface area contributed by atoms with Crippen LogP contribution in [0.2, 0.25) is 0 Å².